The Balaban J connectivity index is 1.36. The zero-order valence-electron chi connectivity index (χ0n) is 25.3. The minimum Gasteiger partial charge on any atom is -0.466 e. The number of imidazole rings is 1. The summed E-state index contributed by atoms with van der Waals surface area (Å²) in [6.07, 6.45) is 5.55. The van der Waals surface area contributed by atoms with E-state index in [1.54, 1.807) is 31.1 Å². The Morgan fingerprint density at radius 1 is 1.09 bits per heavy atom. The molecule has 2 aromatic heterocycles. The molecular weight excluding hydrogens is 610 g/mol. The molecule has 238 valence electrons. The van der Waals surface area contributed by atoms with Crippen LogP contribution in [-0.2, 0) is 27.2 Å². The van der Waals surface area contributed by atoms with Crippen molar-refractivity contribution in [2.24, 2.45) is 0 Å². The molecule has 0 aliphatic carbocycles. The van der Waals surface area contributed by atoms with E-state index in [4.69, 9.17) is 9.47 Å². The molecule has 1 unspecified atom stereocenters. The van der Waals surface area contributed by atoms with Crippen LogP contribution in [0.4, 0.5) is 8.78 Å². The number of rotatable bonds is 5. The number of fused-ring (bicyclic) bond motifs is 8. The molecule has 1 aliphatic rings. The third kappa shape index (κ3) is 7.09. The van der Waals surface area contributed by atoms with Crippen molar-refractivity contribution >= 4 is 34.5 Å². The van der Waals surface area contributed by atoms with Crippen molar-refractivity contribution in [1.29, 1.82) is 0 Å². The number of aryl methyl sites for hydroxylation is 2. The van der Waals surface area contributed by atoms with Crippen molar-refractivity contribution in [3.8, 4) is 22.9 Å². The molecule has 0 saturated heterocycles. The Hall–Kier alpha value is -4.64. The Morgan fingerprint density at radius 2 is 1.98 bits per heavy atom. The third-order valence-electron chi connectivity index (χ3n) is 7.89. The standard InChI is InChI=1S/C35H34F2N4O4S/c1-2-44-32(43)11-8-21-5-3-6-22(17-21)33-30-20-39-35(40-30)26-18-23(9-10-27(26)36)45-34-25(13-16-46-15-4-7-31(42)41-33)24-12-14-38-29(24)19-28(34)37/h3,5-6,9-10,12,14,17-20,33,38H,2,4,7-8,11,13,15-16H2,1H3,(H,39,40)(H,41,42). The maximum atomic E-state index is 15.4. The summed E-state index contributed by atoms with van der Waals surface area (Å²) in [4.78, 5) is 35.9. The monoisotopic (exact) mass is 644 g/mol. The van der Waals surface area contributed by atoms with Gasteiger partial charge in [-0.1, -0.05) is 24.3 Å². The van der Waals surface area contributed by atoms with Gasteiger partial charge in [0.2, 0.25) is 5.91 Å². The van der Waals surface area contributed by atoms with Crippen molar-refractivity contribution in [3.63, 3.8) is 0 Å². The molecule has 3 heterocycles. The molecule has 3 aromatic carbocycles. The van der Waals surface area contributed by atoms with Gasteiger partial charge in [0.05, 0.1) is 30.1 Å². The second kappa shape index (κ2) is 14.2. The van der Waals surface area contributed by atoms with E-state index in [2.05, 4.69) is 20.3 Å². The molecule has 1 amide bonds. The fraction of sp³-hybridized carbons (Fsp3) is 0.286. The molecule has 0 radical (unpaired) electrons. The van der Waals surface area contributed by atoms with Crippen LogP contribution in [0.15, 0.2) is 67.0 Å². The summed E-state index contributed by atoms with van der Waals surface area (Å²) in [7, 11) is 0. The molecule has 5 aromatic rings. The van der Waals surface area contributed by atoms with Crippen LogP contribution in [0, 0.1) is 11.6 Å². The van der Waals surface area contributed by atoms with Crippen molar-refractivity contribution in [3.05, 3.63) is 101 Å². The number of thioether (sulfide) groups is 1. The zero-order valence-corrected chi connectivity index (χ0v) is 26.1. The number of amides is 1. The third-order valence-corrected chi connectivity index (χ3v) is 8.96. The van der Waals surface area contributed by atoms with Crippen molar-refractivity contribution in [2.75, 3.05) is 18.1 Å². The molecule has 4 bridgehead atoms. The number of hydrogen-bond acceptors (Lipinski definition) is 6. The van der Waals surface area contributed by atoms with E-state index in [1.807, 2.05) is 30.3 Å². The van der Waals surface area contributed by atoms with Crippen molar-refractivity contribution in [1.82, 2.24) is 20.3 Å². The largest absolute Gasteiger partial charge is 0.466 e. The van der Waals surface area contributed by atoms with E-state index < -0.39 is 17.7 Å². The lowest BCUT2D eigenvalue weighted by atomic mass is 9.99. The molecule has 3 N–H and O–H groups in total. The van der Waals surface area contributed by atoms with Gasteiger partial charge in [0.1, 0.15) is 17.4 Å². The minimum atomic E-state index is -0.602. The number of nitrogens with one attached hydrogen (secondary N) is 3. The van der Waals surface area contributed by atoms with E-state index >= 15 is 8.78 Å². The Bertz CT molecular complexity index is 1870. The summed E-state index contributed by atoms with van der Waals surface area (Å²) in [5.74, 6) is 0.584. The number of carbonyl (C=O) groups excluding carboxylic acids is 2. The van der Waals surface area contributed by atoms with Crippen LogP contribution in [0.2, 0.25) is 0 Å². The number of ether oxygens (including phenoxy) is 2. The molecule has 11 heteroatoms. The van der Waals surface area contributed by atoms with Gasteiger partial charge in [-0.25, -0.2) is 13.8 Å². The highest BCUT2D eigenvalue weighted by Gasteiger charge is 2.23. The summed E-state index contributed by atoms with van der Waals surface area (Å²) in [5.41, 5.74) is 3.79. The number of aromatic amines is 2. The SMILES string of the molecule is CCOC(=O)CCc1cccc(C2NC(=O)CCCSCCc3c(c(F)cc4[nH]ccc34)Oc3ccc(F)c(c3)-c3ncc2[nH]3)c1. The molecule has 0 fully saturated rings. The topological polar surface area (TPSA) is 109 Å². The average molecular weight is 645 g/mol. The number of benzene rings is 3. The maximum absolute atomic E-state index is 15.4. The fourth-order valence-corrected chi connectivity index (χ4v) is 6.56. The summed E-state index contributed by atoms with van der Waals surface area (Å²) in [6, 6.07) is 14.5. The van der Waals surface area contributed by atoms with E-state index in [-0.39, 0.29) is 41.2 Å². The minimum absolute atomic E-state index is 0.105. The van der Waals surface area contributed by atoms with E-state index in [9.17, 15) is 9.59 Å². The van der Waals surface area contributed by atoms with Gasteiger partial charge in [0.15, 0.2) is 11.6 Å². The predicted octanol–water partition coefficient (Wildman–Crippen LogP) is 7.40. The number of halogens is 2. The second-order valence-corrected chi connectivity index (χ2v) is 12.3. The zero-order chi connectivity index (χ0) is 32.0. The normalized spacial score (nSPS) is 15.7. The molecule has 1 aliphatic heterocycles. The lowest BCUT2D eigenvalue weighted by Crippen LogP contribution is -2.29. The van der Waals surface area contributed by atoms with Crippen LogP contribution < -0.4 is 10.1 Å². The average Bonchev–Trinajstić information content (AvgIpc) is 3.72. The number of hydrogen-bond donors (Lipinski definition) is 3. The van der Waals surface area contributed by atoms with Gasteiger partial charge >= 0.3 is 5.97 Å². The predicted molar refractivity (Wildman–Crippen MR) is 174 cm³/mol. The van der Waals surface area contributed by atoms with Crippen LogP contribution in [-0.4, -0.2) is 44.9 Å². The van der Waals surface area contributed by atoms with Crippen molar-refractivity contribution in [2.45, 2.75) is 45.1 Å². The molecule has 0 spiro atoms. The highest BCUT2D eigenvalue weighted by Crippen LogP contribution is 2.37. The van der Waals surface area contributed by atoms with Crippen LogP contribution >= 0.6 is 11.8 Å². The Kier molecular flexibility index (Phi) is 9.68. The Labute approximate surface area is 269 Å². The Morgan fingerprint density at radius 3 is 2.85 bits per heavy atom. The summed E-state index contributed by atoms with van der Waals surface area (Å²) in [6.45, 7) is 2.09. The number of nitrogens with zero attached hydrogens (tertiary/aromatic N) is 1. The van der Waals surface area contributed by atoms with E-state index in [1.165, 1.54) is 24.3 Å². The van der Waals surface area contributed by atoms with Crippen LogP contribution in [0.5, 0.6) is 11.5 Å². The smallest absolute Gasteiger partial charge is 0.306 e. The lowest BCUT2D eigenvalue weighted by molar-refractivity contribution is -0.143. The highest BCUT2D eigenvalue weighted by atomic mass is 32.2. The second-order valence-electron chi connectivity index (χ2n) is 11.1. The summed E-state index contributed by atoms with van der Waals surface area (Å²) >= 11 is 1.69. The van der Waals surface area contributed by atoms with Gasteiger partial charge in [-0.2, -0.15) is 11.8 Å². The molecule has 8 nitrogen and oxygen atoms in total. The van der Waals surface area contributed by atoms with Gasteiger partial charge in [0, 0.05) is 41.6 Å². The molecule has 6 rings (SSSR count). The number of aromatic nitrogens is 3. The van der Waals surface area contributed by atoms with Crippen LogP contribution in [0.3, 0.4) is 0 Å². The molecular formula is C35H34F2N4O4S. The van der Waals surface area contributed by atoms with E-state index in [0.29, 0.717) is 49.3 Å². The van der Waals surface area contributed by atoms with Gasteiger partial charge < -0.3 is 24.8 Å². The van der Waals surface area contributed by atoms with Gasteiger partial charge in [-0.3, -0.25) is 9.59 Å². The van der Waals surface area contributed by atoms with Crippen molar-refractivity contribution < 1.29 is 27.8 Å². The summed E-state index contributed by atoms with van der Waals surface area (Å²) < 4.78 is 41.9. The van der Waals surface area contributed by atoms with Gasteiger partial charge in [0.25, 0.3) is 0 Å². The fourth-order valence-electron chi connectivity index (χ4n) is 5.66. The first-order chi connectivity index (χ1) is 22.4. The van der Waals surface area contributed by atoms with Crippen LogP contribution in [0.1, 0.15) is 54.6 Å². The van der Waals surface area contributed by atoms with Gasteiger partial charge in [-0.05, 0) is 73.1 Å². The number of esters is 1. The molecule has 0 saturated carbocycles. The first kappa shape index (κ1) is 31.3. The quantitative estimate of drug-likeness (QED) is 0.172. The van der Waals surface area contributed by atoms with Crippen LogP contribution in [0.25, 0.3) is 22.3 Å². The molecule has 1 atom stereocenters. The highest BCUT2D eigenvalue weighted by molar-refractivity contribution is 7.99. The number of H-pyrrole nitrogens is 2. The first-order valence-electron chi connectivity index (χ1n) is 15.3. The summed E-state index contributed by atoms with van der Waals surface area (Å²) in [5, 5.41) is 3.99. The molecule has 46 heavy (non-hydrogen) atoms. The lowest BCUT2D eigenvalue weighted by Gasteiger charge is -2.19. The number of carbonyl (C=O) groups is 2. The first-order valence-corrected chi connectivity index (χ1v) is 16.5. The van der Waals surface area contributed by atoms with E-state index in [0.717, 1.165) is 27.8 Å². The maximum Gasteiger partial charge on any atom is 0.306 e. The van der Waals surface area contributed by atoms with Gasteiger partial charge in [-0.15, -0.1) is 0 Å².